The zero-order chi connectivity index (χ0) is 19.8. The van der Waals surface area contributed by atoms with Crippen LogP contribution in [-0.4, -0.2) is 29.3 Å². The zero-order valence-corrected chi connectivity index (χ0v) is 16.2. The normalized spacial score (nSPS) is 11.7. The van der Waals surface area contributed by atoms with Crippen molar-refractivity contribution in [1.82, 2.24) is 10.2 Å². The molecular formula is C22H27FN2O2. The number of nitrogens with zero attached hydrogens (tertiary/aromatic N) is 1. The Morgan fingerprint density at radius 2 is 1.89 bits per heavy atom. The maximum atomic E-state index is 14.1. The number of carbonyl (C=O) groups is 2. The topological polar surface area (TPSA) is 49.4 Å². The van der Waals surface area contributed by atoms with E-state index < -0.39 is 6.04 Å². The standard InChI is InChI=1S/C22H27FN2O2/c1-4-12-24-22(27)17(3)25(15-19-10-5-6-11-20(19)23)21(26)14-18-9-7-8-16(2)13-18/h5-11,13,17H,4,12,14-15H2,1-3H3,(H,24,27). The van der Waals surface area contributed by atoms with E-state index in [-0.39, 0.29) is 30.6 Å². The minimum Gasteiger partial charge on any atom is -0.354 e. The van der Waals surface area contributed by atoms with E-state index in [1.165, 1.54) is 11.0 Å². The molecule has 0 bridgehead atoms. The first-order valence-corrected chi connectivity index (χ1v) is 9.28. The summed E-state index contributed by atoms with van der Waals surface area (Å²) in [6.45, 7) is 6.21. The second-order valence-electron chi connectivity index (χ2n) is 6.75. The molecule has 0 aliphatic carbocycles. The first kappa shape index (κ1) is 20.6. The number of halogens is 1. The zero-order valence-electron chi connectivity index (χ0n) is 16.2. The molecule has 0 aliphatic heterocycles. The van der Waals surface area contributed by atoms with E-state index in [0.29, 0.717) is 12.1 Å². The molecule has 27 heavy (non-hydrogen) atoms. The van der Waals surface area contributed by atoms with Gasteiger partial charge in [0.05, 0.1) is 6.42 Å². The highest BCUT2D eigenvalue weighted by Gasteiger charge is 2.26. The molecule has 4 nitrogen and oxygen atoms in total. The monoisotopic (exact) mass is 370 g/mol. The molecule has 0 heterocycles. The average molecular weight is 370 g/mol. The first-order chi connectivity index (χ1) is 12.9. The fourth-order valence-electron chi connectivity index (χ4n) is 2.89. The highest BCUT2D eigenvalue weighted by atomic mass is 19.1. The SMILES string of the molecule is CCCNC(=O)C(C)N(Cc1ccccc1F)C(=O)Cc1cccc(C)c1. The van der Waals surface area contributed by atoms with Crippen molar-refractivity contribution in [3.05, 3.63) is 71.0 Å². The minimum atomic E-state index is -0.687. The number of hydrogen-bond acceptors (Lipinski definition) is 2. The molecule has 0 fully saturated rings. The lowest BCUT2D eigenvalue weighted by molar-refractivity contribution is -0.140. The highest BCUT2D eigenvalue weighted by molar-refractivity contribution is 5.88. The molecule has 144 valence electrons. The van der Waals surface area contributed by atoms with E-state index in [1.807, 2.05) is 38.1 Å². The van der Waals surface area contributed by atoms with Gasteiger partial charge in [-0.25, -0.2) is 4.39 Å². The van der Waals surface area contributed by atoms with Crippen LogP contribution in [0.1, 0.15) is 37.0 Å². The lowest BCUT2D eigenvalue weighted by atomic mass is 10.1. The fraction of sp³-hybridized carbons (Fsp3) is 0.364. The van der Waals surface area contributed by atoms with Gasteiger partial charge in [-0.1, -0.05) is 55.0 Å². The Morgan fingerprint density at radius 3 is 2.56 bits per heavy atom. The van der Waals surface area contributed by atoms with Crippen molar-refractivity contribution >= 4 is 11.8 Å². The van der Waals surface area contributed by atoms with Crippen molar-refractivity contribution < 1.29 is 14.0 Å². The van der Waals surface area contributed by atoms with Gasteiger partial charge in [-0.2, -0.15) is 0 Å². The Labute approximate surface area is 160 Å². The lowest BCUT2D eigenvalue weighted by Crippen LogP contribution is -2.48. The molecule has 1 unspecified atom stereocenters. The third-order valence-electron chi connectivity index (χ3n) is 4.45. The number of benzene rings is 2. The van der Waals surface area contributed by atoms with Crippen molar-refractivity contribution in [2.45, 2.75) is 46.2 Å². The molecule has 2 aromatic carbocycles. The molecule has 5 heteroatoms. The van der Waals surface area contributed by atoms with Gasteiger partial charge >= 0.3 is 0 Å². The summed E-state index contributed by atoms with van der Waals surface area (Å²) in [4.78, 5) is 26.9. The Kier molecular flexibility index (Phi) is 7.53. The van der Waals surface area contributed by atoms with Gasteiger partial charge in [-0.05, 0) is 31.9 Å². The largest absolute Gasteiger partial charge is 0.354 e. The smallest absolute Gasteiger partial charge is 0.242 e. The van der Waals surface area contributed by atoms with Gasteiger partial charge in [0.25, 0.3) is 0 Å². The van der Waals surface area contributed by atoms with Gasteiger partial charge in [0.1, 0.15) is 11.9 Å². The molecule has 0 saturated carbocycles. The Hall–Kier alpha value is -2.69. The van der Waals surface area contributed by atoms with Crippen molar-refractivity contribution in [2.75, 3.05) is 6.54 Å². The molecule has 1 atom stereocenters. The molecule has 1 N–H and O–H groups in total. The summed E-state index contributed by atoms with van der Waals surface area (Å²) in [6.07, 6.45) is 0.977. The second kappa shape index (κ2) is 9.86. The van der Waals surface area contributed by atoms with Gasteiger partial charge < -0.3 is 10.2 Å². The maximum absolute atomic E-state index is 14.1. The molecule has 0 spiro atoms. The lowest BCUT2D eigenvalue weighted by Gasteiger charge is -2.29. The summed E-state index contributed by atoms with van der Waals surface area (Å²) in [5.41, 5.74) is 2.33. The van der Waals surface area contributed by atoms with Crippen molar-refractivity contribution in [3.63, 3.8) is 0 Å². The highest BCUT2D eigenvalue weighted by Crippen LogP contribution is 2.15. The summed E-state index contributed by atoms with van der Waals surface area (Å²) in [5.74, 6) is -0.819. The van der Waals surface area contributed by atoms with Crippen LogP contribution in [0.2, 0.25) is 0 Å². The van der Waals surface area contributed by atoms with Crippen molar-refractivity contribution in [1.29, 1.82) is 0 Å². The average Bonchev–Trinajstić information content (AvgIpc) is 2.64. The van der Waals surface area contributed by atoms with Crippen LogP contribution >= 0.6 is 0 Å². The molecule has 0 aliphatic rings. The maximum Gasteiger partial charge on any atom is 0.242 e. The van der Waals surface area contributed by atoms with E-state index >= 15 is 0 Å². The molecular weight excluding hydrogens is 343 g/mol. The number of carbonyl (C=O) groups excluding carboxylic acids is 2. The molecule has 0 radical (unpaired) electrons. The van der Waals surface area contributed by atoms with Crippen LogP contribution in [0.25, 0.3) is 0 Å². The molecule has 0 aromatic heterocycles. The predicted molar refractivity (Wildman–Crippen MR) is 105 cm³/mol. The van der Waals surface area contributed by atoms with Gasteiger partial charge in [-0.15, -0.1) is 0 Å². The number of hydrogen-bond donors (Lipinski definition) is 1. The van der Waals surface area contributed by atoms with Crippen LogP contribution in [-0.2, 0) is 22.6 Å². The summed E-state index contributed by atoms with van der Waals surface area (Å²) < 4.78 is 14.1. The third-order valence-corrected chi connectivity index (χ3v) is 4.45. The van der Waals surface area contributed by atoms with Crippen LogP contribution in [0.4, 0.5) is 4.39 Å². The summed E-state index contributed by atoms with van der Waals surface area (Å²) >= 11 is 0. The molecule has 2 rings (SSSR count). The number of rotatable bonds is 8. The van der Waals surface area contributed by atoms with E-state index in [1.54, 1.807) is 25.1 Å². The van der Waals surface area contributed by atoms with E-state index in [9.17, 15) is 14.0 Å². The van der Waals surface area contributed by atoms with Crippen molar-refractivity contribution in [2.24, 2.45) is 0 Å². The quantitative estimate of drug-likeness (QED) is 0.772. The van der Waals surface area contributed by atoms with E-state index in [0.717, 1.165) is 17.5 Å². The van der Waals surface area contributed by atoms with E-state index in [4.69, 9.17) is 0 Å². The molecule has 2 amide bonds. The third kappa shape index (κ3) is 5.91. The second-order valence-corrected chi connectivity index (χ2v) is 6.75. The Bertz CT molecular complexity index is 791. The van der Waals surface area contributed by atoms with Gasteiger partial charge in [0, 0.05) is 18.7 Å². The summed E-state index contributed by atoms with van der Waals surface area (Å²) in [6, 6.07) is 13.3. The van der Waals surface area contributed by atoms with Crippen LogP contribution in [0.3, 0.4) is 0 Å². The fourth-order valence-corrected chi connectivity index (χ4v) is 2.89. The van der Waals surface area contributed by atoms with Crippen LogP contribution < -0.4 is 5.32 Å². The Balaban J connectivity index is 2.23. The van der Waals surface area contributed by atoms with Crippen LogP contribution in [0.5, 0.6) is 0 Å². The van der Waals surface area contributed by atoms with Crippen LogP contribution in [0.15, 0.2) is 48.5 Å². The van der Waals surface area contributed by atoms with Gasteiger partial charge in [-0.3, -0.25) is 9.59 Å². The number of amides is 2. The first-order valence-electron chi connectivity index (χ1n) is 9.28. The summed E-state index contributed by atoms with van der Waals surface area (Å²) in [5, 5.41) is 2.81. The minimum absolute atomic E-state index is 0.0536. The Morgan fingerprint density at radius 1 is 1.15 bits per heavy atom. The van der Waals surface area contributed by atoms with E-state index in [2.05, 4.69) is 5.32 Å². The molecule has 2 aromatic rings. The van der Waals surface area contributed by atoms with Gasteiger partial charge in [0.15, 0.2) is 0 Å². The number of aryl methyl sites for hydroxylation is 1. The van der Waals surface area contributed by atoms with Crippen molar-refractivity contribution in [3.8, 4) is 0 Å². The molecule has 0 saturated heterocycles. The summed E-state index contributed by atoms with van der Waals surface area (Å²) in [7, 11) is 0. The van der Waals surface area contributed by atoms with Gasteiger partial charge in [0.2, 0.25) is 11.8 Å². The van der Waals surface area contributed by atoms with Crippen LogP contribution in [0, 0.1) is 12.7 Å². The predicted octanol–water partition coefficient (Wildman–Crippen LogP) is 3.62. The number of nitrogens with one attached hydrogen (secondary N) is 1.